The predicted molar refractivity (Wildman–Crippen MR) is 132 cm³/mol. The molecule has 0 radical (unpaired) electrons. The molecule has 6 nitrogen and oxygen atoms in total. The van der Waals surface area contributed by atoms with Crippen LogP contribution in [0.5, 0.6) is 0 Å². The molecule has 0 spiro atoms. The maximum atomic E-state index is 13.4. The van der Waals surface area contributed by atoms with Gasteiger partial charge in [0.2, 0.25) is 0 Å². The molecule has 2 unspecified atom stereocenters. The van der Waals surface area contributed by atoms with Gasteiger partial charge in [-0.05, 0) is 53.8 Å². The van der Waals surface area contributed by atoms with E-state index in [0.717, 1.165) is 17.0 Å². The number of amides is 1. The van der Waals surface area contributed by atoms with Crippen molar-refractivity contribution in [3.8, 4) is 11.1 Å². The highest BCUT2D eigenvalue weighted by atomic mass is 16.6. The number of aliphatic hydroxyl groups is 1. The average molecular weight is 471 g/mol. The van der Waals surface area contributed by atoms with Crippen molar-refractivity contribution in [1.29, 1.82) is 0 Å². The van der Waals surface area contributed by atoms with Crippen molar-refractivity contribution in [2.75, 3.05) is 19.8 Å². The number of piperidine rings is 1. The number of hydrogen-bond donors (Lipinski definition) is 1. The number of aryl methyl sites for hydroxylation is 2. The van der Waals surface area contributed by atoms with Crippen LogP contribution < -0.4 is 0 Å². The second-order valence-electron chi connectivity index (χ2n) is 10.1. The second kappa shape index (κ2) is 8.47. The fraction of sp³-hybridized carbons (Fsp3) is 0.379. The monoisotopic (exact) mass is 470 g/mol. The molecule has 35 heavy (non-hydrogen) atoms. The largest absolute Gasteiger partial charge is 0.448 e. The van der Waals surface area contributed by atoms with Gasteiger partial charge < -0.3 is 14.6 Å². The zero-order chi connectivity index (χ0) is 24.2. The SMILES string of the molecule is Cc1cc(C2(O)CC3COCC(C2)N3C(=O)OCC2c3ccccc3-c3ccccc32)cc(C)n1. The van der Waals surface area contributed by atoms with Gasteiger partial charge in [0.1, 0.15) is 6.61 Å². The Morgan fingerprint density at radius 2 is 1.54 bits per heavy atom. The van der Waals surface area contributed by atoms with Gasteiger partial charge in [0, 0.05) is 30.1 Å². The summed E-state index contributed by atoms with van der Waals surface area (Å²) >= 11 is 0. The van der Waals surface area contributed by atoms with E-state index in [1.165, 1.54) is 22.3 Å². The average Bonchev–Trinajstić information content (AvgIpc) is 3.15. The minimum absolute atomic E-state index is 0.0203. The van der Waals surface area contributed by atoms with E-state index in [2.05, 4.69) is 29.2 Å². The van der Waals surface area contributed by atoms with Crippen LogP contribution in [-0.4, -0.2) is 53.0 Å². The third-order valence-corrected chi connectivity index (χ3v) is 7.72. The number of fused-ring (bicyclic) bond motifs is 5. The van der Waals surface area contributed by atoms with Crippen molar-refractivity contribution in [2.45, 2.75) is 50.3 Å². The van der Waals surface area contributed by atoms with Crippen LogP contribution in [0.4, 0.5) is 4.79 Å². The first-order valence-corrected chi connectivity index (χ1v) is 12.3. The Bertz CT molecular complexity index is 1210. The molecule has 2 aliphatic heterocycles. The minimum atomic E-state index is -1.02. The number of nitrogens with zero attached hydrogens (tertiary/aromatic N) is 2. The Morgan fingerprint density at radius 3 is 2.11 bits per heavy atom. The molecule has 2 saturated heterocycles. The molecule has 3 aromatic rings. The summed E-state index contributed by atoms with van der Waals surface area (Å²) in [5.74, 6) is 0.0203. The summed E-state index contributed by atoms with van der Waals surface area (Å²) in [5.41, 5.74) is 6.43. The van der Waals surface area contributed by atoms with Crippen molar-refractivity contribution >= 4 is 6.09 Å². The van der Waals surface area contributed by atoms with Crippen LogP contribution in [0.25, 0.3) is 11.1 Å². The first-order valence-electron chi connectivity index (χ1n) is 12.3. The van der Waals surface area contributed by atoms with Gasteiger partial charge >= 0.3 is 6.09 Å². The zero-order valence-corrected chi connectivity index (χ0v) is 20.1. The molecule has 180 valence electrons. The number of benzene rings is 2. The molecule has 3 aliphatic rings. The van der Waals surface area contributed by atoms with Crippen molar-refractivity contribution in [3.05, 3.63) is 88.7 Å². The number of aromatic nitrogens is 1. The maximum absolute atomic E-state index is 13.4. The molecule has 6 rings (SSSR count). The lowest BCUT2D eigenvalue weighted by atomic mass is 9.77. The number of carbonyl (C=O) groups excluding carboxylic acids is 1. The number of carbonyl (C=O) groups is 1. The van der Waals surface area contributed by atoms with Crippen LogP contribution in [-0.2, 0) is 15.1 Å². The van der Waals surface area contributed by atoms with Crippen molar-refractivity contribution < 1.29 is 19.4 Å². The lowest BCUT2D eigenvalue weighted by Gasteiger charge is -2.51. The van der Waals surface area contributed by atoms with Crippen molar-refractivity contribution in [1.82, 2.24) is 9.88 Å². The summed E-state index contributed by atoms with van der Waals surface area (Å²) in [7, 11) is 0. The fourth-order valence-electron chi connectivity index (χ4n) is 6.28. The molecule has 2 aromatic carbocycles. The molecule has 2 bridgehead atoms. The Balaban J connectivity index is 1.21. The number of pyridine rings is 1. The van der Waals surface area contributed by atoms with E-state index in [4.69, 9.17) is 9.47 Å². The Kier molecular flexibility index (Phi) is 5.38. The molecule has 0 saturated carbocycles. The van der Waals surface area contributed by atoms with Gasteiger partial charge in [0.15, 0.2) is 0 Å². The molecular formula is C29H30N2O4. The molecular weight excluding hydrogens is 440 g/mol. The Hall–Kier alpha value is -3.22. The standard InChI is InChI=1S/C29H30N2O4/c1-18-11-20(12-19(2)30-18)29(33)13-21-15-34-16-22(14-29)31(21)28(32)35-17-27-25-9-5-3-7-23(25)24-8-4-6-10-26(24)27/h3-12,21-22,27,33H,13-17H2,1-2H3. The molecule has 1 amide bonds. The molecule has 1 aromatic heterocycles. The van der Waals surface area contributed by atoms with Gasteiger partial charge in [-0.3, -0.25) is 9.88 Å². The van der Waals surface area contributed by atoms with Crippen LogP contribution >= 0.6 is 0 Å². The quantitative estimate of drug-likeness (QED) is 0.601. The van der Waals surface area contributed by atoms with Gasteiger partial charge in [-0.1, -0.05) is 48.5 Å². The third kappa shape index (κ3) is 3.81. The van der Waals surface area contributed by atoms with Gasteiger partial charge in [0.05, 0.1) is 30.9 Å². The summed E-state index contributed by atoms with van der Waals surface area (Å²) in [6.07, 6.45) is 0.502. The summed E-state index contributed by atoms with van der Waals surface area (Å²) in [6.45, 7) is 4.96. The summed E-state index contributed by atoms with van der Waals surface area (Å²) in [6, 6.07) is 20.1. The van der Waals surface area contributed by atoms with E-state index >= 15 is 0 Å². The lowest BCUT2D eigenvalue weighted by Crippen LogP contribution is -2.62. The third-order valence-electron chi connectivity index (χ3n) is 7.72. The molecule has 2 fully saturated rings. The number of ether oxygens (including phenoxy) is 2. The fourth-order valence-corrected chi connectivity index (χ4v) is 6.28. The molecule has 3 heterocycles. The van der Waals surface area contributed by atoms with E-state index in [9.17, 15) is 9.90 Å². The van der Waals surface area contributed by atoms with Gasteiger partial charge in [-0.25, -0.2) is 4.79 Å². The first-order chi connectivity index (χ1) is 16.9. The highest BCUT2D eigenvalue weighted by Crippen LogP contribution is 2.45. The smallest absolute Gasteiger partial charge is 0.410 e. The van der Waals surface area contributed by atoms with E-state index in [1.807, 2.05) is 55.1 Å². The van der Waals surface area contributed by atoms with E-state index in [-0.39, 0.29) is 30.7 Å². The molecule has 6 heteroatoms. The highest BCUT2D eigenvalue weighted by Gasteiger charge is 2.49. The van der Waals surface area contributed by atoms with Crippen LogP contribution in [0.2, 0.25) is 0 Å². The van der Waals surface area contributed by atoms with Crippen LogP contribution in [0.1, 0.15) is 46.8 Å². The topological polar surface area (TPSA) is 71.9 Å². The van der Waals surface area contributed by atoms with E-state index < -0.39 is 5.60 Å². The van der Waals surface area contributed by atoms with Crippen LogP contribution in [0, 0.1) is 13.8 Å². The Morgan fingerprint density at radius 1 is 1.00 bits per heavy atom. The van der Waals surface area contributed by atoms with Crippen LogP contribution in [0.3, 0.4) is 0 Å². The minimum Gasteiger partial charge on any atom is -0.448 e. The van der Waals surface area contributed by atoms with Gasteiger partial charge in [-0.15, -0.1) is 0 Å². The summed E-state index contributed by atoms with van der Waals surface area (Å²) < 4.78 is 11.8. The van der Waals surface area contributed by atoms with Gasteiger partial charge in [-0.2, -0.15) is 0 Å². The molecule has 1 N–H and O–H groups in total. The lowest BCUT2D eigenvalue weighted by molar-refractivity contribution is -0.136. The number of rotatable bonds is 3. The molecule has 1 aliphatic carbocycles. The highest BCUT2D eigenvalue weighted by molar-refractivity contribution is 5.79. The van der Waals surface area contributed by atoms with Crippen LogP contribution in [0.15, 0.2) is 60.7 Å². The van der Waals surface area contributed by atoms with Crippen molar-refractivity contribution in [2.24, 2.45) is 0 Å². The molecule has 2 atom stereocenters. The second-order valence-corrected chi connectivity index (χ2v) is 10.1. The normalized spacial score (nSPS) is 25.2. The maximum Gasteiger partial charge on any atom is 0.410 e. The zero-order valence-electron chi connectivity index (χ0n) is 20.1. The van der Waals surface area contributed by atoms with E-state index in [0.29, 0.717) is 26.1 Å². The van der Waals surface area contributed by atoms with Crippen molar-refractivity contribution in [3.63, 3.8) is 0 Å². The van der Waals surface area contributed by atoms with E-state index in [1.54, 1.807) is 0 Å². The van der Waals surface area contributed by atoms with Gasteiger partial charge in [0.25, 0.3) is 0 Å². The number of hydrogen-bond acceptors (Lipinski definition) is 5. The Labute approximate surface area is 205 Å². The summed E-state index contributed by atoms with van der Waals surface area (Å²) in [5, 5.41) is 11.7. The first kappa shape index (κ1) is 22.3. The predicted octanol–water partition coefficient (Wildman–Crippen LogP) is 4.70. The number of morpholine rings is 1. The summed E-state index contributed by atoms with van der Waals surface area (Å²) in [4.78, 5) is 19.7.